The number of benzene rings is 3. The van der Waals surface area contributed by atoms with Crippen molar-refractivity contribution in [3.63, 3.8) is 0 Å². The van der Waals surface area contributed by atoms with Gasteiger partial charge in [-0.25, -0.2) is 0 Å². The molecule has 0 unspecified atom stereocenters. The van der Waals surface area contributed by atoms with Gasteiger partial charge in [0.2, 0.25) is 0 Å². The number of anilines is 1. The molecule has 0 atom stereocenters. The maximum absolute atomic E-state index is 12.8. The first-order valence-electron chi connectivity index (χ1n) is 10.7. The molecule has 1 aromatic heterocycles. The number of carbonyl (C=O) groups is 3. The molecule has 170 valence electrons. The summed E-state index contributed by atoms with van der Waals surface area (Å²) in [7, 11) is 0. The number of ether oxygens (including phenoxy) is 1. The molecule has 0 aliphatic carbocycles. The summed E-state index contributed by atoms with van der Waals surface area (Å²) in [6.07, 6.45) is 3.87. The number of rotatable bonds is 7. The topological polar surface area (TPSA) is 89.4 Å². The first-order chi connectivity index (χ1) is 16.5. The molecule has 2 N–H and O–H groups in total. The first kappa shape index (κ1) is 22.5. The minimum Gasteiger partial charge on any atom is -0.427 e. The van der Waals surface area contributed by atoms with Gasteiger partial charge in [-0.3, -0.25) is 14.4 Å². The van der Waals surface area contributed by atoms with E-state index in [0.717, 1.165) is 11.3 Å². The Bertz CT molecular complexity index is 1310. The van der Waals surface area contributed by atoms with Gasteiger partial charge in [0.25, 0.3) is 11.8 Å². The molecule has 1 heterocycles. The molecular weight excluding hydrogens is 430 g/mol. The second-order valence-corrected chi connectivity index (χ2v) is 7.55. The van der Waals surface area contributed by atoms with Gasteiger partial charge in [-0.15, -0.1) is 0 Å². The van der Waals surface area contributed by atoms with Gasteiger partial charge < -0.3 is 19.9 Å². The van der Waals surface area contributed by atoms with E-state index >= 15 is 0 Å². The minimum absolute atomic E-state index is 0.214. The number of para-hydroxylation sites is 1. The molecule has 4 rings (SSSR count). The number of esters is 1. The smallest absolute Gasteiger partial charge is 0.308 e. The summed E-state index contributed by atoms with van der Waals surface area (Å²) in [6.45, 7) is 1.54. The lowest BCUT2D eigenvalue weighted by Gasteiger charge is -2.13. The predicted octanol–water partition coefficient (Wildman–Crippen LogP) is 4.58. The largest absolute Gasteiger partial charge is 0.427 e. The highest BCUT2D eigenvalue weighted by Crippen LogP contribution is 2.19. The number of nitrogens with one attached hydrogen (secondary N) is 2. The van der Waals surface area contributed by atoms with Crippen LogP contribution < -0.4 is 15.4 Å². The van der Waals surface area contributed by atoms with Gasteiger partial charge in [0, 0.05) is 48.4 Å². The Labute approximate surface area is 197 Å². The van der Waals surface area contributed by atoms with Crippen LogP contribution in [-0.2, 0) is 11.3 Å². The fourth-order valence-corrected chi connectivity index (χ4v) is 3.43. The molecule has 0 bridgehead atoms. The Kier molecular flexibility index (Phi) is 6.84. The second kappa shape index (κ2) is 10.3. The monoisotopic (exact) mass is 453 g/mol. The van der Waals surface area contributed by atoms with Crippen molar-refractivity contribution in [2.24, 2.45) is 0 Å². The molecule has 7 heteroatoms. The summed E-state index contributed by atoms with van der Waals surface area (Å²) in [5.74, 6) is -0.732. The number of carbonyl (C=O) groups excluding carboxylic acids is 3. The van der Waals surface area contributed by atoms with E-state index in [4.69, 9.17) is 4.74 Å². The predicted molar refractivity (Wildman–Crippen MR) is 129 cm³/mol. The van der Waals surface area contributed by atoms with Crippen molar-refractivity contribution in [2.45, 2.75) is 13.5 Å². The highest BCUT2D eigenvalue weighted by atomic mass is 16.5. The third kappa shape index (κ3) is 5.58. The molecule has 7 nitrogen and oxygen atoms in total. The van der Waals surface area contributed by atoms with Crippen LogP contribution in [0.5, 0.6) is 5.75 Å². The van der Waals surface area contributed by atoms with Crippen molar-refractivity contribution in [2.75, 3.05) is 5.32 Å². The molecule has 4 aromatic rings. The van der Waals surface area contributed by atoms with Gasteiger partial charge in [-0.2, -0.15) is 0 Å². The van der Waals surface area contributed by atoms with Crippen LogP contribution in [0.15, 0.2) is 97.3 Å². The maximum atomic E-state index is 12.8. The van der Waals surface area contributed by atoms with Gasteiger partial charge in [0.15, 0.2) is 0 Å². The Morgan fingerprint density at radius 3 is 2.26 bits per heavy atom. The highest BCUT2D eigenvalue weighted by Gasteiger charge is 2.12. The normalized spacial score (nSPS) is 10.4. The molecule has 0 aliphatic heterocycles. The van der Waals surface area contributed by atoms with Crippen LogP contribution in [0.3, 0.4) is 0 Å². The SMILES string of the molecule is CC(=O)Oc1cccc(C(=O)Nc2ccccc2CNC(=O)c2ccc(-n3cccc3)cc2)c1. The molecule has 0 spiro atoms. The zero-order chi connectivity index (χ0) is 23.9. The quantitative estimate of drug-likeness (QED) is 0.317. The van der Waals surface area contributed by atoms with Crippen LogP contribution in [0.1, 0.15) is 33.2 Å². The Balaban J connectivity index is 1.41. The van der Waals surface area contributed by atoms with E-state index in [1.165, 1.54) is 13.0 Å². The lowest BCUT2D eigenvalue weighted by Crippen LogP contribution is -2.24. The van der Waals surface area contributed by atoms with Crippen LogP contribution >= 0.6 is 0 Å². The average Bonchev–Trinajstić information content (AvgIpc) is 3.38. The molecule has 0 radical (unpaired) electrons. The van der Waals surface area contributed by atoms with E-state index in [0.29, 0.717) is 22.6 Å². The second-order valence-electron chi connectivity index (χ2n) is 7.55. The van der Waals surface area contributed by atoms with Gasteiger partial charge >= 0.3 is 5.97 Å². The van der Waals surface area contributed by atoms with Crippen molar-refractivity contribution in [3.05, 3.63) is 114 Å². The van der Waals surface area contributed by atoms with Gasteiger partial charge in [-0.1, -0.05) is 24.3 Å². The third-order valence-electron chi connectivity index (χ3n) is 5.09. The van der Waals surface area contributed by atoms with E-state index in [1.54, 1.807) is 42.5 Å². The molecule has 0 fully saturated rings. The van der Waals surface area contributed by atoms with Gasteiger partial charge in [0.05, 0.1) is 0 Å². The summed E-state index contributed by atoms with van der Waals surface area (Å²) in [4.78, 5) is 36.6. The molecule has 3 aromatic carbocycles. The number of hydrogen-bond donors (Lipinski definition) is 2. The maximum Gasteiger partial charge on any atom is 0.308 e. The van der Waals surface area contributed by atoms with E-state index in [2.05, 4.69) is 10.6 Å². The van der Waals surface area contributed by atoms with Crippen molar-refractivity contribution < 1.29 is 19.1 Å². The van der Waals surface area contributed by atoms with Crippen LogP contribution in [-0.4, -0.2) is 22.4 Å². The number of aromatic nitrogens is 1. The van der Waals surface area contributed by atoms with Crippen molar-refractivity contribution in [1.29, 1.82) is 0 Å². The highest BCUT2D eigenvalue weighted by molar-refractivity contribution is 6.05. The van der Waals surface area contributed by atoms with E-state index < -0.39 is 5.97 Å². The Morgan fingerprint density at radius 1 is 0.794 bits per heavy atom. The Morgan fingerprint density at radius 2 is 1.53 bits per heavy atom. The fourth-order valence-electron chi connectivity index (χ4n) is 3.43. The molecule has 0 aliphatic rings. The standard InChI is InChI=1S/C27H23N3O4/c1-19(31)34-24-9-6-8-21(17-24)27(33)29-25-10-3-2-7-22(25)18-28-26(32)20-11-13-23(14-12-20)30-15-4-5-16-30/h2-17H,18H2,1H3,(H,28,32)(H,29,33). The number of amides is 2. The Hall–Kier alpha value is -4.65. The van der Waals surface area contributed by atoms with Crippen molar-refractivity contribution >= 4 is 23.5 Å². The third-order valence-corrected chi connectivity index (χ3v) is 5.09. The van der Waals surface area contributed by atoms with Gasteiger partial charge in [-0.05, 0) is 66.2 Å². The fraction of sp³-hybridized carbons (Fsp3) is 0.0741. The van der Waals surface area contributed by atoms with Crippen LogP contribution in [0.4, 0.5) is 5.69 Å². The number of hydrogen-bond acceptors (Lipinski definition) is 4. The van der Waals surface area contributed by atoms with Gasteiger partial charge in [0.1, 0.15) is 5.75 Å². The van der Waals surface area contributed by atoms with Crippen LogP contribution in [0.2, 0.25) is 0 Å². The minimum atomic E-state index is -0.460. The van der Waals surface area contributed by atoms with Crippen LogP contribution in [0, 0.1) is 0 Å². The lowest BCUT2D eigenvalue weighted by atomic mass is 10.1. The average molecular weight is 453 g/mol. The number of nitrogens with zero attached hydrogens (tertiary/aromatic N) is 1. The molecule has 34 heavy (non-hydrogen) atoms. The van der Waals surface area contributed by atoms with E-state index in [-0.39, 0.29) is 18.4 Å². The molecular formula is C27H23N3O4. The summed E-state index contributed by atoms with van der Waals surface area (Å²) in [5.41, 5.74) is 3.19. The first-order valence-corrected chi connectivity index (χ1v) is 10.7. The zero-order valence-corrected chi connectivity index (χ0v) is 18.5. The zero-order valence-electron chi connectivity index (χ0n) is 18.5. The summed E-state index contributed by atoms with van der Waals surface area (Å²) in [6, 6.07) is 24.8. The van der Waals surface area contributed by atoms with E-state index in [9.17, 15) is 14.4 Å². The van der Waals surface area contributed by atoms with Crippen molar-refractivity contribution in [3.8, 4) is 11.4 Å². The van der Waals surface area contributed by atoms with Crippen molar-refractivity contribution in [1.82, 2.24) is 9.88 Å². The molecule has 0 saturated carbocycles. The molecule has 0 saturated heterocycles. The van der Waals surface area contributed by atoms with Crippen LogP contribution in [0.25, 0.3) is 5.69 Å². The van der Waals surface area contributed by atoms with E-state index in [1.807, 2.05) is 53.4 Å². The summed E-state index contributed by atoms with van der Waals surface area (Å²) in [5, 5.41) is 5.76. The summed E-state index contributed by atoms with van der Waals surface area (Å²) < 4.78 is 7.01. The molecule has 2 amide bonds. The summed E-state index contributed by atoms with van der Waals surface area (Å²) >= 11 is 0. The lowest BCUT2D eigenvalue weighted by molar-refractivity contribution is -0.131.